The van der Waals surface area contributed by atoms with Crippen molar-refractivity contribution in [3.8, 4) is 0 Å². The van der Waals surface area contributed by atoms with Gasteiger partial charge in [0.15, 0.2) is 0 Å². The van der Waals surface area contributed by atoms with Crippen LogP contribution in [0, 0.1) is 0 Å². The lowest BCUT2D eigenvalue weighted by atomic mass is 10.1. The van der Waals surface area contributed by atoms with Crippen LogP contribution in [0.2, 0.25) is 0 Å². The van der Waals surface area contributed by atoms with Gasteiger partial charge in [0.05, 0.1) is 6.61 Å². The van der Waals surface area contributed by atoms with Crippen molar-refractivity contribution in [3.05, 3.63) is 12.2 Å². The molecule has 0 aromatic carbocycles. The summed E-state index contributed by atoms with van der Waals surface area (Å²) in [5.74, 6) is 0. The van der Waals surface area contributed by atoms with Gasteiger partial charge in [-0.2, -0.15) is 0 Å². The molecule has 2 heteroatoms. The maximum Gasteiger partial charge on any atom is 0.0589 e. The number of hydrogen-bond acceptors (Lipinski definition) is 2. The molecule has 0 aromatic heterocycles. The second kappa shape index (κ2) is 3.17. The van der Waals surface area contributed by atoms with Crippen LogP contribution in [-0.2, 0) is 0 Å². The molecule has 1 aliphatic heterocycles. The average molecular weight is 141 g/mol. The van der Waals surface area contributed by atoms with E-state index < -0.39 is 0 Å². The van der Waals surface area contributed by atoms with E-state index in [9.17, 15) is 0 Å². The van der Waals surface area contributed by atoms with Crippen molar-refractivity contribution >= 4 is 0 Å². The van der Waals surface area contributed by atoms with Crippen LogP contribution < -0.4 is 0 Å². The SMILES string of the molecule is CC1C=CCC(CO)N1C. The van der Waals surface area contributed by atoms with E-state index in [1.807, 2.05) is 0 Å². The van der Waals surface area contributed by atoms with Crippen LogP contribution >= 0.6 is 0 Å². The van der Waals surface area contributed by atoms with E-state index in [-0.39, 0.29) is 6.61 Å². The Morgan fingerprint density at radius 2 is 2.40 bits per heavy atom. The Balaban J connectivity index is 2.56. The van der Waals surface area contributed by atoms with Crippen LogP contribution in [0.5, 0.6) is 0 Å². The fourth-order valence-corrected chi connectivity index (χ4v) is 1.27. The van der Waals surface area contributed by atoms with Gasteiger partial charge < -0.3 is 5.11 Å². The monoisotopic (exact) mass is 141 g/mol. The molecule has 1 N–H and O–H groups in total. The Morgan fingerprint density at radius 3 is 2.90 bits per heavy atom. The van der Waals surface area contributed by atoms with Crippen LogP contribution in [0.4, 0.5) is 0 Å². The zero-order chi connectivity index (χ0) is 7.56. The van der Waals surface area contributed by atoms with E-state index in [4.69, 9.17) is 5.11 Å². The van der Waals surface area contributed by atoms with Crippen molar-refractivity contribution in [2.75, 3.05) is 13.7 Å². The number of aliphatic hydroxyl groups excluding tert-OH is 1. The zero-order valence-corrected chi connectivity index (χ0v) is 6.62. The summed E-state index contributed by atoms with van der Waals surface area (Å²) in [6.45, 7) is 2.41. The third kappa shape index (κ3) is 1.39. The van der Waals surface area contributed by atoms with Gasteiger partial charge in [0, 0.05) is 12.1 Å². The highest BCUT2D eigenvalue weighted by atomic mass is 16.3. The Hall–Kier alpha value is -0.340. The average Bonchev–Trinajstić information content (AvgIpc) is 1.95. The van der Waals surface area contributed by atoms with Gasteiger partial charge in [-0.25, -0.2) is 0 Å². The maximum atomic E-state index is 8.90. The van der Waals surface area contributed by atoms with Crippen LogP contribution in [0.1, 0.15) is 13.3 Å². The summed E-state index contributed by atoms with van der Waals surface area (Å²) < 4.78 is 0. The molecule has 10 heavy (non-hydrogen) atoms. The summed E-state index contributed by atoms with van der Waals surface area (Å²) in [5.41, 5.74) is 0. The van der Waals surface area contributed by atoms with E-state index in [2.05, 4.69) is 31.0 Å². The first-order valence-corrected chi connectivity index (χ1v) is 3.75. The molecular weight excluding hydrogens is 126 g/mol. The molecular formula is C8H15NO. The van der Waals surface area contributed by atoms with Gasteiger partial charge in [-0.3, -0.25) is 4.90 Å². The number of likely N-dealkylation sites (N-methyl/N-ethyl adjacent to an activating group) is 1. The molecule has 0 spiro atoms. The fourth-order valence-electron chi connectivity index (χ4n) is 1.27. The first-order chi connectivity index (χ1) is 4.75. The smallest absolute Gasteiger partial charge is 0.0589 e. The van der Waals surface area contributed by atoms with Gasteiger partial charge >= 0.3 is 0 Å². The predicted octanol–water partition coefficient (Wildman–Crippen LogP) is 0.627. The highest BCUT2D eigenvalue weighted by molar-refractivity contribution is 5.00. The van der Waals surface area contributed by atoms with E-state index in [1.54, 1.807) is 0 Å². The lowest BCUT2D eigenvalue weighted by molar-refractivity contribution is 0.125. The number of nitrogens with zero attached hydrogens (tertiary/aromatic N) is 1. The molecule has 2 atom stereocenters. The van der Waals surface area contributed by atoms with Gasteiger partial charge in [-0.05, 0) is 20.4 Å². The largest absolute Gasteiger partial charge is 0.395 e. The summed E-state index contributed by atoms with van der Waals surface area (Å²) in [6.07, 6.45) is 5.30. The van der Waals surface area contributed by atoms with Gasteiger partial charge in [-0.15, -0.1) is 0 Å². The Kier molecular flexibility index (Phi) is 2.46. The molecule has 2 unspecified atom stereocenters. The number of rotatable bonds is 1. The Bertz CT molecular complexity index is 133. The lowest BCUT2D eigenvalue weighted by Gasteiger charge is -2.32. The second-order valence-corrected chi connectivity index (χ2v) is 2.91. The molecule has 0 fully saturated rings. The summed E-state index contributed by atoms with van der Waals surface area (Å²) in [7, 11) is 2.05. The molecule has 2 nitrogen and oxygen atoms in total. The molecule has 0 aliphatic carbocycles. The highest BCUT2D eigenvalue weighted by Gasteiger charge is 2.19. The van der Waals surface area contributed by atoms with E-state index in [1.165, 1.54) is 0 Å². The minimum Gasteiger partial charge on any atom is -0.395 e. The molecule has 0 bridgehead atoms. The Morgan fingerprint density at radius 1 is 1.70 bits per heavy atom. The van der Waals surface area contributed by atoms with Crippen LogP contribution in [-0.4, -0.2) is 35.7 Å². The third-order valence-corrected chi connectivity index (χ3v) is 2.25. The molecule has 58 valence electrons. The molecule has 1 aliphatic rings. The van der Waals surface area contributed by atoms with E-state index >= 15 is 0 Å². The zero-order valence-electron chi connectivity index (χ0n) is 6.62. The van der Waals surface area contributed by atoms with Crippen molar-refractivity contribution in [1.29, 1.82) is 0 Å². The van der Waals surface area contributed by atoms with Crippen LogP contribution in [0.15, 0.2) is 12.2 Å². The normalized spacial score (nSPS) is 34.7. The maximum absolute atomic E-state index is 8.90. The van der Waals surface area contributed by atoms with Gasteiger partial charge in [0.2, 0.25) is 0 Å². The minimum atomic E-state index is 0.269. The van der Waals surface area contributed by atoms with E-state index in [0.717, 1.165) is 6.42 Å². The van der Waals surface area contributed by atoms with Crippen molar-refractivity contribution in [2.45, 2.75) is 25.4 Å². The van der Waals surface area contributed by atoms with Crippen molar-refractivity contribution < 1.29 is 5.11 Å². The minimum absolute atomic E-state index is 0.269. The third-order valence-electron chi connectivity index (χ3n) is 2.25. The molecule has 0 saturated heterocycles. The quantitative estimate of drug-likeness (QED) is 0.541. The molecule has 0 amide bonds. The fraction of sp³-hybridized carbons (Fsp3) is 0.750. The standard InChI is InChI=1S/C8H15NO/c1-7-4-3-5-8(6-10)9(7)2/h3-4,7-8,10H,5-6H2,1-2H3. The molecule has 1 heterocycles. The van der Waals surface area contributed by atoms with Gasteiger partial charge in [0.1, 0.15) is 0 Å². The first-order valence-electron chi connectivity index (χ1n) is 3.75. The highest BCUT2D eigenvalue weighted by Crippen LogP contribution is 2.13. The molecule has 0 aromatic rings. The number of aliphatic hydroxyl groups is 1. The van der Waals surface area contributed by atoms with Crippen molar-refractivity contribution in [3.63, 3.8) is 0 Å². The second-order valence-electron chi connectivity index (χ2n) is 2.91. The summed E-state index contributed by atoms with van der Waals surface area (Å²) in [4.78, 5) is 2.19. The van der Waals surface area contributed by atoms with Gasteiger partial charge in [-0.1, -0.05) is 12.2 Å². The topological polar surface area (TPSA) is 23.5 Å². The van der Waals surface area contributed by atoms with Crippen LogP contribution in [0.25, 0.3) is 0 Å². The summed E-state index contributed by atoms with van der Waals surface area (Å²) in [5, 5.41) is 8.90. The molecule has 0 saturated carbocycles. The van der Waals surface area contributed by atoms with Gasteiger partial charge in [0.25, 0.3) is 0 Å². The Labute approximate surface area is 62.2 Å². The molecule has 0 radical (unpaired) electrons. The van der Waals surface area contributed by atoms with Crippen LogP contribution in [0.3, 0.4) is 0 Å². The van der Waals surface area contributed by atoms with E-state index in [0.29, 0.717) is 12.1 Å². The summed E-state index contributed by atoms with van der Waals surface area (Å²) in [6, 6.07) is 0.811. The predicted molar refractivity (Wildman–Crippen MR) is 41.9 cm³/mol. The lowest BCUT2D eigenvalue weighted by Crippen LogP contribution is -2.41. The van der Waals surface area contributed by atoms with Crippen molar-refractivity contribution in [2.24, 2.45) is 0 Å². The first kappa shape index (κ1) is 7.76. The van der Waals surface area contributed by atoms with Crippen molar-refractivity contribution in [1.82, 2.24) is 4.90 Å². The number of hydrogen-bond donors (Lipinski definition) is 1. The summed E-state index contributed by atoms with van der Waals surface area (Å²) >= 11 is 0. The molecule has 1 rings (SSSR count).